The minimum Gasteiger partial charge on any atom is -0.298 e. The van der Waals surface area contributed by atoms with Gasteiger partial charge in [-0.05, 0) is 31.7 Å². The van der Waals surface area contributed by atoms with Gasteiger partial charge in [0.15, 0.2) is 0 Å². The largest absolute Gasteiger partial charge is 0.298 e. The molecule has 2 rings (SSSR count). The fraction of sp³-hybridized carbons (Fsp3) is 0.357. The van der Waals surface area contributed by atoms with Gasteiger partial charge >= 0.3 is 0 Å². The molecule has 0 unspecified atom stereocenters. The smallest absolute Gasteiger partial charge is 0.0537 e. The van der Waals surface area contributed by atoms with E-state index >= 15 is 0 Å². The van der Waals surface area contributed by atoms with Crippen molar-refractivity contribution in [3.05, 3.63) is 52.3 Å². The van der Waals surface area contributed by atoms with Crippen LogP contribution in [0.3, 0.4) is 0 Å². The molecule has 1 heterocycles. The summed E-state index contributed by atoms with van der Waals surface area (Å²) in [5, 5.41) is 5.04. The maximum Gasteiger partial charge on any atom is 0.0537 e. The SMILES string of the molecule is Cc1c(CN(C)Cc2ccc(Cl)cc2)cnn1C. The average molecular weight is 264 g/mol. The molecule has 2 aromatic rings. The molecule has 0 saturated heterocycles. The van der Waals surface area contributed by atoms with Crippen LogP contribution in [0.1, 0.15) is 16.8 Å². The van der Waals surface area contributed by atoms with Gasteiger partial charge in [-0.15, -0.1) is 0 Å². The molecule has 3 nitrogen and oxygen atoms in total. The van der Waals surface area contributed by atoms with Gasteiger partial charge in [-0.3, -0.25) is 9.58 Å². The average Bonchev–Trinajstić information content (AvgIpc) is 2.64. The summed E-state index contributed by atoms with van der Waals surface area (Å²) >= 11 is 5.88. The van der Waals surface area contributed by atoms with Crippen LogP contribution in [0.2, 0.25) is 5.02 Å². The van der Waals surface area contributed by atoms with Crippen molar-refractivity contribution < 1.29 is 0 Å². The van der Waals surface area contributed by atoms with E-state index in [-0.39, 0.29) is 0 Å². The van der Waals surface area contributed by atoms with E-state index in [0.29, 0.717) is 0 Å². The number of rotatable bonds is 4. The van der Waals surface area contributed by atoms with Gasteiger partial charge in [0, 0.05) is 36.4 Å². The molecule has 0 radical (unpaired) electrons. The summed E-state index contributed by atoms with van der Waals surface area (Å²) in [6.07, 6.45) is 1.94. The minimum atomic E-state index is 0.782. The molecule has 18 heavy (non-hydrogen) atoms. The van der Waals surface area contributed by atoms with Gasteiger partial charge in [0.1, 0.15) is 0 Å². The van der Waals surface area contributed by atoms with Crippen molar-refractivity contribution in [2.45, 2.75) is 20.0 Å². The highest BCUT2D eigenvalue weighted by Crippen LogP contribution is 2.13. The van der Waals surface area contributed by atoms with Crippen LogP contribution in [0.15, 0.2) is 30.5 Å². The first-order valence-corrected chi connectivity index (χ1v) is 6.34. The zero-order valence-electron chi connectivity index (χ0n) is 11.0. The van der Waals surface area contributed by atoms with Gasteiger partial charge in [-0.2, -0.15) is 5.10 Å². The molecule has 0 bridgehead atoms. The van der Waals surface area contributed by atoms with E-state index < -0.39 is 0 Å². The molecule has 0 atom stereocenters. The van der Waals surface area contributed by atoms with Gasteiger partial charge in [0.25, 0.3) is 0 Å². The van der Waals surface area contributed by atoms with Crippen molar-refractivity contribution in [3.63, 3.8) is 0 Å². The van der Waals surface area contributed by atoms with Gasteiger partial charge in [0.2, 0.25) is 0 Å². The third kappa shape index (κ3) is 3.12. The van der Waals surface area contributed by atoms with Crippen LogP contribution >= 0.6 is 11.6 Å². The monoisotopic (exact) mass is 263 g/mol. The second-order valence-electron chi connectivity index (χ2n) is 4.68. The van der Waals surface area contributed by atoms with Gasteiger partial charge in [-0.25, -0.2) is 0 Å². The van der Waals surface area contributed by atoms with E-state index in [2.05, 4.69) is 36.1 Å². The van der Waals surface area contributed by atoms with E-state index in [0.717, 1.165) is 18.1 Å². The van der Waals surface area contributed by atoms with E-state index in [1.165, 1.54) is 16.8 Å². The lowest BCUT2D eigenvalue weighted by Gasteiger charge is -2.16. The molecule has 1 aromatic heterocycles. The summed E-state index contributed by atoms with van der Waals surface area (Å²) in [4.78, 5) is 2.27. The fourth-order valence-corrected chi connectivity index (χ4v) is 2.07. The molecule has 1 aromatic carbocycles. The Labute approximate surface area is 113 Å². The molecule has 4 heteroatoms. The van der Waals surface area contributed by atoms with Crippen LogP contribution in [-0.2, 0) is 20.1 Å². The van der Waals surface area contributed by atoms with Crippen LogP contribution in [-0.4, -0.2) is 21.7 Å². The molecule has 96 valence electrons. The Morgan fingerprint density at radius 1 is 1.22 bits per heavy atom. The second-order valence-corrected chi connectivity index (χ2v) is 5.11. The third-order valence-corrected chi connectivity index (χ3v) is 3.39. The summed E-state index contributed by atoms with van der Waals surface area (Å²) in [7, 11) is 4.08. The maximum atomic E-state index is 5.88. The molecular formula is C14H18ClN3. The van der Waals surface area contributed by atoms with Crippen molar-refractivity contribution in [1.29, 1.82) is 0 Å². The van der Waals surface area contributed by atoms with Crippen LogP contribution in [0, 0.1) is 6.92 Å². The minimum absolute atomic E-state index is 0.782. The normalized spacial score (nSPS) is 11.2. The maximum absolute atomic E-state index is 5.88. The van der Waals surface area contributed by atoms with Crippen LogP contribution in [0.4, 0.5) is 0 Å². The van der Waals surface area contributed by atoms with Gasteiger partial charge < -0.3 is 0 Å². The summed E-state index contributed by atoms with van der Waals surface area (Å²) in [5.74, 6) is 0. The Bertz CT molecular complexity index is 516. The predicted molar refractivity (Wildman–Crippen MR) is 74.6 cm³/mol. The number of halogens is 1. The number of hydrogen-bond acceptors (Lipinski definition) is 2. The highest BCUT2D eigenvalue weighted by atomic mass is 35.5. The topological polar surface area (TPSA) is 21.1 Å². The lowest BCUT2D eigenvalue weighted by atomic mass is 10.2. The van der Waals surface area contributed by atoms with Crippen LogP contribution in [0.25, 0.3) is 0 Å². The standard InChI is InChI=1S/C14H18ClN3/c1-11-13(8-16-18(11)3)10-17(2)9-12-4-6-14(15)7-5-12/h4-8H,9-10H2,1-3H3. The lowest BCUT2D eigenvalue weighted by molar-refractivity contribution is 0.318. The van der Waals surface area contributed by atoms with E-state index in [4.69, 9.17) is 11.6 Å². The third-order valence-electron chi connectivity index (χ3n) is 3.14. The lowest BCUT2D eigenvalue weighted by Crippen LogP contribution is -2.17. The van der Waals surface area contributed by atoms with Gasteiger partial charge in [0.05, 0.1) is 6.20 Å². The van der Waals surface area contributed by atoms with E-state index in [9.17, 15) is 0 Å². The molecule has 0 aliphatic heterocycles. The Hall–Kier alpha value is -1.32. The first-order chi connectivity index (χ1) is 8.56. The Morgan fingerprint density at radius 2 is 1.89 bits per heavy atom. The van der Waals surface area contributed by atoms with Crippen molar-refractivity contribution in [2.24, 2.45) is 7.05 Å². The molecule has 0 aliphatic rings. The zero-order valence-corrected chi connectivity index (χ0v) is 11.8. The summed E-state index contributed by atoms with van der Waals surface area (Å²) in [6, 6.07) is 7.99. The second kappa shape index (κ2) is 5.55. The van der Waals surface area contributed by atoms with Crippen molar-refractivity contribution in [2.75, 3.05) is 7.05 Å². The first kappa shape index (κ1) is 13.1. The first-order valence-electron chi connectivity index (χ1n) is 5.96. The predicted octanol–water partition coefficient (Wildman–Crippen LogP) is 3.01. The quantitative estimate of drug-likeness (QED) is 0.846. The van der Waals surface area contributed by atoms with Crippen molar-refractivity contribution >= 4 is 11.6 Å². The highest BCUT2D eigenvalue weighted by Gasteiger charge is 2.07. The Kier molecular flexibility index (Phi) is 4.04. The molecular weight excluding hydrogens is 246 g/mol. The van der Waals surface area contributed by atoms with Crippen molar-refractivity contribution in [3.8, 4) is 0 Å². The molecule has 0 fully saturated rings. The van der Waals surface area contributed by atoms with E-state index in [1.807, 2.05) is 30.1 Å². The number of aromatic nitrogens is 2. The zero-order chi connectivity index (χ0) is 13.1. The van der Waals surface area contributed by atoms with E-state index in [1.54, 1.807) is 0 Å². The summed E-state index contributed by atoms with van der Waals surface area (Å²) in [5.41, 5.74) is 3.76. The number of benzene rings is 1. The highest BCUT2D eigenvalue weighted by molar-refractivity contribution is 6.30. The van der Waals surface area contributed by atoms with Crippen LogP contribution in [0.5, 0.6) is 0 Å². The molecule has 0 amide bonds. The number of hydrogen-bond donors (Lipinski definition) is 0. The molecule has 0 aliphatic carbocycles. The fourth-order valence-electron chi connectivity index (χ4n) is 1.95. The molecule has 0 saturated carbocycles. The van der Waals surface area contributed by atoms with Gasteiger partial charge in [-0.1, -0.05) is 23.7 Å². The molecule has 0 spiro atoms. The Morgan fingerprint density at radius 3 is 2.44 bits per heavy atom. The number of nitrogens with zero attached hydrogens (tertiary/aromatic N) is 3. The Balaban J connectivity index is 1.98. The molecule has 0 N–H and O–H groups in total. The summed E-state index contributed by atoms with van der Waals surface area (Å²) in [6.45, 7) is 3.91. The number of aryl methyl sites for hydroxylation is 1. The summed E-state index contributed by atoms with van der Waals surface area (Å²) < 4.78 is 1.91. The van der Waals surface area contributed by atoms with Crippen molar-refractivity contribution in [1.82, 2.24) is 14.7 Å². The van der Waals surface area contributed by atoms with Crippen LogP contribution < -0.4 is 0 Å².